The molecule has 72 valence electrons. The highest BCUT2D eigenvalue weighted by Crippen LogP contribution is 2.28. The number of benzene rings is 2. The Morgan fingerprint density at radius 1 is 1.14 bits per heavy atom. The van der Waals surface area contributed by atoms with Crippen molar-refractivity contribution >= 4 is 16.5 Å². The topological polar surface area (TPSA) is 26.0 Å². The van der Waals surface area contributed by atoms with Crippen LogP contribution in [0.25, 0.3) is 10.8 Å². The predicted octanol–water partition coefficient (Wildman–Crippen LogP) is 3.18. The van der Waals surface area contributed by atoms with Gasteiger partial charge in [-0.3, -0.25) is 0 Å². The largest absolute Gasteiger partial charge is 0.398 e. The molecule has 0 unspecified atom stereocenters. The summed E-state index contributed by atoms with van der Waals surface area (Å²) in [4.78, 5) is 0. The van der Waals surface area contributed by atoms with Gasteiger partial charge in [-0.05, 0) is 42.5 Å². The summed E-state index contributed by atoms with van der Waals surface area (Å²) in [5.41, 5.74) is 8.17. The lowest BCUT2D eigenvalue weighted by molar-refractivity contribution is 0.619. The summed E-state index contributed by atoms with van der Waals surface area (Å²) in [7, 11) is 0. The molecule has 0 fully saturated rings. The second-order valence-electron chi connectivity index (χ2n) is 3.55. The van der Waals surface area contributed by atoms with Crippen LogP contribution in [0, 0.1) is 19.7 Å². The van der Waals surface area contributed by atoms with Crippen LogP contribution in [-0.4, -0.2) is 0 Å². The van der Waals surface area contributed by atoms with Gasteiger partial charge < -0.3 is 5.73 Å². The number of hydrogen-bond acceptors (Lipinski definition) is 1. The fourth-order valence-electron chi connectivity index (χ4n) is 1.75. The van der Waals surface area contributed by atoms with Crippen molar-refractivity contribution in [1.82, 2.24) is 0 Å². The minimum Gasteiger partial charge on any atom is -0.398 e. The molecule has 0 aliphatic rings. The molecule has 2 aromatic rings. The van der Waals surface area contributed by atoms with Crippen molar-refractivity contribution in [2.75, 3.05) is 5.73 Å². The molecule has 1 nitrogen and oxygen atoms in total. The molecule has 0 atom stereocenters. The molecular formula is C12H12FN. The SMILES string of the molecule is Cc1c(F)cc2cccc(N)c2c1C. The molecule has 2 heteroatoms. The molecule has 0 radical (unpaired) electrons. The lowest BCUT2D eigenvalue weighted by Gasteiger charge is -2.09. The Hall–Kier alpha value is -1.57. The molecule has 0 aliphatic heterocycles. The smallest absolute Gasteiger partial charge is 0.127 e. The number of hydrogen-bond donors (Lipinski definition) is 1. The second-order valence-corrected chi connectivity index (χ2v) is 3.55. The second kappa shape index (κ2) is 2.98. The van der Waals surface area contributed by atoms with Gasteiger partial charge in [-0.25, -0.2) is 4.39 Å². The average Bonchev–Trinajstić information content (AvgIpc) is 2.14. The maximum atomic E-state index is 13.4. The van der Waals surface area contributed by atoms with E-state index in [-0.39, 0.29) is 5.82 Å². The quantitative estimate of drug-likeness (QED) is 0.633. The third-order valence-corrected chi connectivity index (χ3v) is 2.71. The molecule has 0 aliphatic carbocycles. The van der Waals surface area contributed by atoms with Crippen LogP contribution in [0.15, 0.2) is 24.3 Å². The minimum absolute atomic E-state index is 0.166. The summed E-state index contributed by atoms with van der Waals surface area (Å²) in [6, 6.07) is 7.09. The van der Waals surface area contributed by atoms with Gasteiger partial charge >= 0.3 is 0 Å². The van der Waals surface area contributed by atoms with Crippen LogP contribution in [0.2, 0.25) is 0 Å². The first-order valence-corrected chi connectivity index (χ1v) is 4.55. The number of aryl methyl sites for hydroxylation is 1. The number of rotatable bonds is 0. The average molecular weight is 189 g/mol. The third kappa shape index (κ3) is 1.15. The van der Waals surface area contributed by atoms with Crippen molar-refractivity contribution in [3.63, 3.8) is 0 Å². The van der Waals surface area contributed by atoms with Gasteiger partial charge in [0, 0.05) is 11.1 Å². The van der Waals surface area contributed by atoms with Crippen molar-refractivity contribution in [3.8, 4) is 0 Å². The monoisotopic (exact) mass is 189 g/mol. The summed E-state index contributed by atoms with van der Waals surface area (Å²) in [5.74, 6) is -0.166. The van der Waals surface area contributed by atoms with Gasteiger partial charge in [-0.1, -0.05) is 12.1 Å². The molecule has 2 rings (SSSR count). The summed E-state index contributed by atoms with van der Waals surface area (Å²) in [6.07, 6.45) is 0. The molecule has 0 saturated carbocycles. The zero-order valence-electron chi connectivity index (χ0n) is 8.26. The maximum absolute atomic E-state index is 13.4. The van der Waals surface area contributed by atoms with E-state index in [1.54, 1.807) is 6.92 Å². The molecule has 0 saturated heterocycles. The highest BCUT2D eigenvalue weighted by molar-refractivity contribution is 5.96. The molecule has 14 heavy (non-hydrogen) atoms. The highest BCUT2D eigenvalue weighted by atomic mass is 19.1. The Morgan fingerprint density at radius 3 is 2.57 bits per heavy atom. The van der Waals surface area contributed by atoms with Crippen LogP contribution in [0.5, 0.6) is 0 Å². The number of nitrogen functional groups attached to an aromatic ring is 1. The van der Waals surface area contributed by atoms with Crippen LogP contribution in [-0.2, 0) is 0 Å². The van der Waals surface area contributed by atoms with E-state index in [9.17, 15) is 4.39 Å². The van der Waals surface area contributed by atoms with E-state index >= 15 is 0 Å². The molecule has 0 heterocycles. The van der Waals surface area contributed by atoms with E-state index < -0.39 is 0 Å². The van der Waals surface area contributed by atoms with Crippen molar-refractivity contribution in [1.29, 1.82) is 0 Å². The predicted molar refractivity (Wildman–Crippen MR) is 57.8 cm³/mol. The molecule has 0 amide bonds. The molecule has 0 bridgehead atoms. The van der Waals surface area contributed by atoms with Crippen molar-refractivity contribution in [2.45, 2.75) is 13.8 Å². The lowest BCUT2D eigenvalue weighted by atomic mass is 9.99. The van der Waals surface area contributed by atoms with Crippen LogP contribution in [0.1, 0.15) is 11.1 Å². The van der Waals surface area contributed by atoms with Gasteiger partial charge in [0.25, 0.3) is 0 Å². The Bertz CT molecular complexity index is 503. The van der Waals surface area contributed by atoms with Crippen molar-refractivity contribution in [2.24, 2.45) is 0 Å². The standard InChI is InChI=1S/C12H12FN/c1-7-8(2)12-9(6-10(7)13)4-3-5-11(12)14/h3-6H,14H2,1-2H3. The lowest BCUT2D eigenvalue weighted by Crippen LogP contribution is -1.94. The van der Waals surface area contributed by atoms with Gasteiger partial charge in [0.1, 0.15) is 5.82 Å². The molecular weight excluding hydrogens is 177 g/mol. The summed E-state index contributed by atoms with van der Waals surface area (Å²) < 4.78 is 13.4. The van der Waals surface area contributed by atoms with Gasteiger partial charge in [-0.2, -0.15) is 0 Å². The molecule has 0 aromatic heterocycles. The summed E-state index contributed by atoms with van der Waals surface area (Å²) >= 11 is 0. The van der Waals surface area contributed by atoms with Gasteiger partial charge in [0.15, 0.2) is 0 Å². The molecule has 2 aromatic carbocycles. The first-order valence-electron chi connectivity index (χ1n) is 4.55. The van der Waals surface area contributed by atoms with Crippen molar-refractivity contribution < 1.29 is 4.39 Å². The first kappa shape index (κ1) is 9.00. The van der Waals surface area contributed by atoms with E-state index in [1.807, 2.05) is 25.1 Å². The van der Waals surface area contributed by atoms with E-state index in [2.05, 4.69) is 0 Å². The Morgan fingerprint density at radius 2 is 1.86 bits per heavy atom. The molecule has 2 N–H and O–H groups in total. The van der Waals surface area contributed by atoms with E-state index in [0.29, 0.717) is 11.3 Å². The van der Waals surface area contributed by atoms with Gasteiger partial charge in [0.05, 0.1) is 0 Å². The summed E-state index contributed by atoms with van der Waals surface area (Å²) in [5, 5.41) is 1.83. The van der Waals surface area contributed by atoms with E-state index in [4.69, 9.17) is 5.73 Å². The van der Waals surface area contributed by atoms with Gasteiger partial charge in [0.2, 0.25) is 0 Å². The number of fused-ring (bicyclic) bond motifs is 1. The maximum Gasteiger partial charge on any atom is 0.127 e. The van der Waals surface area contributed by atoms with Crippen LogP contribution < -0.4 is 5.73 Å². The number of anilines is 1. The zero-order valence-corrected chi connectivity index (χ0v) is 8.26. The third-order valence-electron chi connectivity index (χ3n) is 2.71. The zero-order chi connectivity index (χ0) is 10.3. The van der Waals surface area contributed by atoms with Crippen LogP contribution >= 0.6 is 0 Å². The van der Waals surface area contributed by atoms with Gasteiger partial charge in [-0.15, -0.1) is 0 Å². The fraction of sp³-hybridized carbons (Fsp3) is 0.167. The normalized spacial score (nSPS) is 10.8. The summed E-state index contributed by atoms with van der Waals surface area (Å²) in [6.45, 7) is 3.67. The van der Waals surface area contributed by atoms with Crippen molar-refractivity contribution in [3.05, 3.63) is 41.2 Å². The van der Waals surface area contributed by atoms with Crippen LogP contribution in [0.4, 0.5) is 10.1 Å². The number of nitrogens with two attached hydrogens (primary N) is 1. The van der Waals surface area contributed by atoms with E-state index in [0.717, 1.165) is 16.3 Å². The fourth-order valence-corrected chi connectivity index (χ4v) is 1.75. The number of halogens is 1. The Kier molecular flexibility index (Phi) is 1.92. The Balaban J connectivity index is 2.99. The first-order chi connectivity index (χ1) is 6.61. The van der Waals surface area contributed by atoms with Crippen LogP contribution in [0.3, 0.4) is 0 Å². The molecule has 0 spiro atoms. The Labute approximate surface area is 82.3 Å². The minimum atomic E-state index is -0.166. The van der Waals surface area contributed by atoms with E-state index in [1.165, 1.54) is 6.07 Å². The highest BCUT2D eigenvalue weighted by Gasteiger charge is 2.07.